The molecule has 0 radical (unpaired) electrons. The first kappa shape index (κ1) is 13.4. The maximum absolute atomic E-state index is 5.62. The van der Waals surface area contributed by atoms with Crippen molar-refractivity contribution in [3.8, 4) is 11.5 Å². The predicted molar refractivity (Wildman–Crippen MR) is 82.4 cm³/mol. The van der Waals surface area contributed by atoms with Crippen molar-refractivity contribution in [2.75, 3.05) is 6.79 Å². The number of hydrogen-bond acceptors (Lipinski definition) is 3. The molecule has 2 saturated carbocycles. The zero-order chi connectivity index (χ0) is 14.7. The number of benzene rings is 1. The van der Waals surface area contributed by atoms with Crippen molar-refractivity contribution in [1.29, 1.82) is 0 Å². The highest BCUT2D eigenvalue weighted by molar-refractivity contribution is 5.48. The summed E-state index contributed by atoms with van der Waals surface area (Å²) in [6.45, 7) is 8.56. The van der Waals surface area contributed by atoms with Gasteiger partial charge in [0.25, 0.3) is 0 Å². The summed E-state index contributed by atoms with van der Waals surface area (Å²) in [4.78, 5) is 0. The van der Waals surface area contributed by atoms with E-state index in [2.05, 4.69) is 38.2 Å². The fourth-order valence-electron chi connectivity index (χ4n) is 5.15. The van der Waals surface area contributed by atoms with E-state index in [0.717, 1.165) is 24.0 Å². The van der Waals surface area contributed by atoms with Gasteiger partial charge in [-0.05, 0) is 42.1 Å². The van der Waals surface area contributed by atoms with Crippen molar-refractivity contribution in [3.05, 3.63) is 23.8 Å². The molecular formula is C18H25NO2. The first-order valence-corrected chi connectivity index (χ1v) is 8.12. The van der Waals surface area contributed by atoms with Crippen LogP contribution in [0.2, 0.25) is 0 Å². The first-order valence-electron chi connectivity index (χ1n) is 8.12. The van der Waals surface area contributed by atoms with Gasteiger partial charge >= 0.3 is 0 Å². The van der Waals surface area contributed by atoms with Crippen LogP contribution in [-0.2, 0) is 6.54 Å². The van der Waals surface area contributed by atoms with Gasteiger partial charge in [0.1, 0.15) is 0 Å². The summed E-state index contributed by atoms with van der Waals surface area (Å²) in [6.07, 6.45) is 4.15. The molecule has 114 valence electrons. The Kier molecular flexibility index (Phi) is 2.81. The predicted octanol–water partition coefficient (Wildman–Crippen LogP) is 3.72. The molecule has 3 heteroatoms. The Morgan fingerprint density at radius 1 is 1.24 bits per heavy atom. The summed E-state index contributed by atoms with van der Waals surface area (Å²) in [5.74, 6) is 2.69. The molecule has 1 aromatic rings. The largest absolute Gasteiger partial charge is 0.454 e. The van der Waals surface area contributed by atoms with Crippen LogP contribution in [0, 0.1) is 16.7 Å². The lowest BCUT2D eigenvalue weighted by atomic mass is 9.68. The zero-order valence-electron chi connectivity index (χ0n) is 13.2. The molecule has 1 aromatic carbocycles. The monoisotopic (exact) mass is 287 g/mol. The van der Waals surface area contributed by atoms with Gasteiger partial charge in [-0.2, -0.15) is 0 Å². The van der Waals surface area contributed by atoms with E-state index in [-0.39, 0.29) is 0 Å². The Bertz CT molecular complexity index is 564. The van der Waals surface area contributed by atoms with E-state index in [4.69, 9.17) is 9.47 Å². The van der Waals surface area contributed by atoms with Gasteiger partial charge in [0.2, 0.25) is 6.79 Å². The Balaban J connectivity index is 1.54. The second kappa shape index (κ2) is 4.39. The lowest BCUT2D eigenvalue weighted by Crippen LogP contribution is -2.49. The third kappa shape index (κ3) is 1.90. The molecule has 0 spiro atoms. The van der Waals surface area contributed by atoms with Crippen LogP contribution in [0.1, 0.15) is 45.6 Å². The summed E-state index contributed by atoms with van der Waals surface area (Å²) in [7, 11) is 0. The average Bonchev–Trinajstić information content (AvgIpc) is 3.09. The molecule has 0 aromatic heterocycles. The second-order valence-corrected chi connectivity index (χ2v) is 7.88. The van der Waals surface area contributed by atoms with Crippen molar-refractivity contribution >= 4 is 0 Å². The van der Waals surface area contributed by atoms with Crippen LogP contribution >= 0.6 is 0 Å². The van der Waals surface area contributed by atoms with E-state index >= 15 is 0 Å². The molecule has 3 aliphatic rings. The highest BCUT2D eigenvalue weighted by Crippen LogP contribution is 2.62. The number of para-hydroxylation sites is 1. The summed E-state index contributed by atoms with van der Waals surface area (Å²) in [5.41, 5.74) is 2.07. The maximum Gasteiger partial charge on any atom is 0.231 e. The van der Waals surface area contributed by atoms with Crippen LogP contribution in [0.5, 0.6) is 11.5 Å². The van der Waals surface area contributed by atoms with E-state index in [1.54, 1.807) is 0 Å². The smallest absolute Gasteiger partial charge is 0.231 e. The number of nitrogens with one attached hydrogen (secondary N) is 1. The van der Waals surface area contributed by atoms with Crippen LogP contribution < -0.4 is 14.8 Å². The minimum absolute atomic E-state index is 0.348. The molecule has 1 aliphatic heterocycles. The van der Waals surface area contributed by atoms with Gasteiger partial charge in [-0.3, -0.25) is 0 Å². The molecule has 1 N–H and O–H groups in total. The number of rotatable bonds is 3. The van der Waals surface area contributed by atoms with Gasteiger partial charge in [0, 0.05) is 18.2 Å². The van der Waals surface area contributed by atoms with Gasteiger partial charge in [0.15, 0.2) is 11.5 Å². The Hall–Kier alpha value is -1.22. The Morgan fingerprint density at radius 2 is 2.10 bits per heavy atom. The number of ether oxygens (including phenoxy) is 2. The number of fused-ring (bicyclic) bond motifs is 3. The van der Waals surface area contributed by atoms with Crippen LogP contribution in [-0.4, -0.2) is 12.8 Å². The van der Waals surface area contributed by atoms with Crippen molar-refractivity contribution < 1.29 is 9.47 Å². The van der Waals surface area contributed by atoms with Crippen LogP contribution in [0.3, 0.4) is 0 Å². The van der Waals surface area contributed by atoms with Gasteiger partial charge in [-0.1, -0.05) is 32.9 Å². The second-order valence-electron chi connectivity index (χ2n) is 7.88. The molecule has 2 fully saturated rings. The van der Waals surface area contributed by atoms with Gasteiger partial charge < -0.3 is 14.8 Å². The van der Waals surface area contributed by atoms with Crippen LogP contribution in [0.25, 0.3) is 0 Å². The topological polar surface area (TPSA) is 30.5 Å². The van der Waals surface area contributed by atoms with Crippen molar-refractivity contribution in [2.45, 2.75) is 52.6 Å². The molecule has 3 atom stereocenters. The quantitative estimate of drug-likeness (QED) is 0.919. The van der Waals surface area contributed by atoms with Crippen molar-refractivity contribution in [2.24, 2.45) is 16.7 Å². The third-order valence-electron chi connectivity index (χ3n) is 6.24. The van der Waals surface area contributed by atoms with E-state index in [1.165, 1.54) is 24.8 Å². The van der Waals surface area contributed by atoms with E-state index < -0.39 is 0 Å². The molecule has 3 unspecified atom stereocenters. The van der Waals surface area contributed by atoms with Gasteiger partial charge in [-0.15, -0.1) is 0 Å². The van der Waals surface area contributed by atoms with Crippen molar-refractivity contribution in [1.82, 2.24) is 5.32 Å². The maximum atomic E-state index is 5.62. The summed E-state index contributed by atoms with van der Waals surface area (Å²) in [5, 5.41) is 3.85. The fourth-order valence-corrected chi connectivity index (χ4v) is 5.15. The number of hydrogen-bond donors (Lipinski definition) is 1. The molecule has 1 heterocycles. The van der Waals surface area contributed by atoms with E-state index in [9.17, 15) is 0 Å². The van der Waals surface area contributed by atoms with E-state index in [0.29, 0.717) is 23.7 Å². The minimum atomic E-state index is 0.348. The molecule has 21 heavy (non-hydrogen) atoms. The molecule has 2 bridgehead atoms. The molecule has 2 aliphatic carbocycles. The Labute approximate surface area is 127 Å². The molecular weight excluding hydrogens is 262 g/mol. The average molecular weight is 287 g/mol. The highest BCUT2D eigenvalue weighted by atomic mass is 16.7. The lowest BCUT2D eigenvalue weighted by Gasteiger charge is -2.43. The first-order chi connectivity index (χ1) is 10.0. The highest BCUT2D eigenvalue weighted by Gasteiger charge is 2.58. The third-order valence-corrected chi connectivity index (χ3v) is 6.24. The molecule has 4 rings (SSSR count). The summed E-state index contributed by atoms with van der Waals surface area (Å²) in [6, 6.07) is 6.76. The van der Waals surface area contributed by atoms with Crippen LogP contribution in [0.15, 0.2) is 18.2 Å². The molecule has 3 nitrogen and oxygen atoms in total. The molecule has 0 saturated heterocycles. The SMILES string of the molecule is CC12CCC(C1)C(C)(C)C2NCc1cccc2c1OCO2. The Morgan fingerprint density at radius 3 is 2.86 bits per heavy atom. The lowest BCUT2D eigenvalue weighted by molar-refractivity contribution is 0.107. The summed E-state index contributed by atoms with van der Waals surface area (Å²) >= 11 is 0. The van der Waals surface area contributed by atoms with Gasteiger partial charge in [-0.25, -0.2) is 0 Å². The van der Waals surface area contributed by atoms with Crippen LogP contribution in [0.4, 0.5) is 0 Å². The van der Waals surface area contributed by atoms with Gasteiger partial charge in [0.05, 0.1) is 0 Å². The minimum Gasteiger partial charge on any atom is -0.454 e. The standard InChI is InChI=1S/C18H25NO2/c1-17(2)13-7-8-18(3,9-13)16(17)19-10-12-5-4-6-14-15(12)21-11-20-14/h4-6,13,16,19H,7-11H2,1-3H3. The zero-order valence-corrected chi connectivity index (χ0v) is 13.2. The normalized spacial score (nSPS) is 35.4. The summed E-state index contributed by atoms with van der Waals surface area (Å²) < 4.78 is 11.1. The fraction of sp³-hybridized carbons (Fsp3) is 0.667. The van der Waals surface area contributed by atoms with Crippen molar-refractivity contribution in [3.63, 3.8) is 0 Å². The molecule has 0 amide bonds. The van der Waals surface area contributed by atoms with E-state index in [1.807, 2.05) is 6.07 Å².